The average molecular weight is 363 g/mol. The van der Waals surface area contributed by atoms with Gasteiger partial charge in [0.15, 0.2) is 17.1 Å². The molecule has 0 aliphatic heterocycles. The van der Waals surface area contributed by atoms with Crippen molar-refractivity contribution in [3.05, 3.63) is 53.4 Å². The minimum absolute atomic E-state index is 0.0847. The zero-order valence-corrected chi connectivity index (χ0v) is 16.5. The summed E-state index contributed by atoms with van der Waals surface area (Å²) >= 11 is 0. The third kappa shape index (κ3) is 3.29. The number of fused-ring (bicyclic) bond motifs is 2. The summed E-state index contributed by atoms with van der Waals surface area (Å²) in [5.41, 5.74) is 11.2. The van der Waals surface area contributed by atoms with Crippen molar-refractivity contribution >= 4 is 28.2 Å². The Morgan fingerprint density at radius 1 is 0.815 bits per heavy atom. The monoisotopic (exact) mass is 363 g/mol. The molecule has 5 heteroatoms. The van der Waals surface area contributed by atoms with Gasteiger partial charge in [-0.2, -0.15) is 4.98 Å². The number of nitrogen functional groups attached to an aromatic ring is 1. The van der Waals surface area contributed by atoms with Crippen molar-refractivity contribution < 1.29 is 8.83 Å². The number of aromatic nitrogens is 2. The average Bonchev–Trinajstić information content (AvgIpc) is 3.13. The molecule has 0 fully saturated rings. The predicted molar refractivity (Wildman–Crippen MR) is 108 cm³/mol. The van der Waals surface area contributed by atoms with Gasteiger partial charge in [0.25, 0.3) is 6.01 Å². The number of hydrogen-bond acceptors (Lipinski definition) is 5. The van der Waals surface area contributed by atoms with Crippen LogP contribution in [-0.4, -0.2) is 9.97 Å². The highest BCUT2D eigenvalue weighted by Gasteiger charge is 2.25. The molecule has 5 nitrogen and oxygen atoms in total. The fraction of sp³-hybridized carbons (Fsp3) is 0.364. The largest absolute Gasteiger partial charge is 0.441 e. The summed E-state index contributed by atoms with van der Waals surface area (Å²) in [4.78, 5) is 8.98. The van der Waals surface area contributed by atoms with Gasteiger partial charge in [0, 0.05) is 6.42 Å². The summed E-state index contributed by atoms with van der Waals surface area (Å²) in [6.45, 7) is 10.9. The van der Waals surface area contributed by atoms with Gasteiger partial charge in [0.2, 0.25) is 0 Å². The van der Waals surface area contributed by atoms with Crippen LogP contribution in [0, 0.1) is 0 Å². The lowest BCUT2D eigenvalue weighted by atomic mass is 9.81. The van der Waals surface area contributed by atoms with Crippen molar-refractivity contribution in [3.8, 4) is 0 Å². The molecule has 2 N–H and O–H groups in total. The van der Waals surface area contributed by atoms with Crippen LogP contribution in [-0.2, 0) is 17.3 Å². The molecule has 2 aromatic heterocycles. The molecule has 0 radical (unpaired) electrons. The lowest BCUT2D eigenvalue weighted by molar-refractivity contribution is 0.434. The van der Waals surface area contributed by atoms with E-state index in [1.807, 2.05) is 24.3 Å². The Morgan fingerprint density at radius 3 is 2.11 bits per heavy atom. The molecule has 0 bridgehead atoms. The van der Waals surface area contributed by atoms with Crippen molar-refractivity contribution in [2.45, 2.75) is 51.9 Å². The normalized spacial score (nSPS) is 12.9. The molecule has 0 aliphatic rings. The molecule has 0 amide bonds. The van der Waals surface area contributed by atoms with Crippen LogP contribution >= 0.6 is 0 Å². The van der Waals surface area contributed by atoms with Gasteiger partial charge in [-0.1, -0.05) is 46.8 Å². The SMILES string of the molecule is CC(C)(C)c1ccc2oc(CC(C)(C)c3ccc4oc(N)nc4c3)nc2c1. The lowest BCUT2D eigenvalue weighted by Crippen LogP contribution is -2.20. The zero-order chi connectivity index (χ0) is 19.4. The van der Waals surface area contributed by atoms with Crippen molar-refractivity contribution in [2.75, 3.05) is 5.73 Å². The van der Waals surface area contributed by atoms with E-state index in [-0.39, 0.29) is 16.8 Å². The van der Waals surface area contributed by atoms with Gasteiger partial charge in [-0.15, -0.1) is 0 Å². The van der Waals surface area contributed by atoms with E-state index < -0.39 is 0 Å². The van der Waals surface area contributed by atoms with Gasteiger partial charge < -0.3 is 14.6 Å². The van der Waals surface area contributed by atoms with Crippen LogP contribution in [0.4, 0.5) is 6.01 Å². The molecule has 4 aromatic rings. The maximum Gasteiger partial charge on any atom is 0.292 e. The van der Waals surface area contributed by atoms with Crippen LogP contribution in [0.2, 0.25) is 0 Å². The van der Waals surface area contributed by atoms with Crippen molar-refractivity contribution in [2.24, 2.45) is 0 Å². The predicted octanol–water partition coefficient (Wildman–Crippen LogP) is 5.37. The quantitative estimate of drug-likeness (QED) is 0.529. The Kier molecular flexibility index (Phi) is 3.81. The Bertz CT molecular complexity index is 1130. The van der Waals surface area contributed by atoms with Crippen LogP contribution in [0.15, 0.2) is 45.2 Å². The number of benzene rings is 2. The topological polar surface area (TPSA) is 78.1 Å². The van der Waals surface area contributed by atoms with Crippen LogP contribution in [0.1, 0.15) is 51.6 Å². The molecule has 2 heterocycles. The van der Waals surface area contributed by atoms with E-state index in [0.717, 1.165) is 28.1 Å². The van der Waals surface area contributed by atoms with Crippen molar-refractivity contribution in [1.29, 1.82) is 0 Å². The highest BCUT2D eigenvalue weighted by Crippen LogP contribution is 2.32. The fourth-order valence-corrected chi connectivity index (χ4v) is 3.36. The maximum absolute atomic E-state index is 6.02. The second-order valence-corrected chi connectivity index (χ2v) is 8.84. The third-order valence-electron chi connectivity index (χ3n) is 5.08. The number of rotatable bonds is 3. The number of hydrogen-bond donors (Lipinski definition) is 1. The Morgan fingerprint density at radius 2 is 1.41 bits per heavy atom. The smallest absolute Gasteiger partial charge is 0.292 e. The standard InChI is InChI=1S/C22H25N3O2/c1-21(2,3)13-6-8-17-15(10-13)24-19(26-17)12-22(4,5)14-7-9-18-16(11-14)25-20(23)27-18/h6-11H,12H2,1-5H3,(H2,23,25). The number of oxazole rings is 2. The molecule has 0 saturated heterocycles. The molecule has 2 aromatic carbocycles. The molecular weight excluding hydrogens is 338 g/mol. The summed E-state index contributed by atoms with van der Waals surface area (Å²) in [6, 6.07) is 12.4. The third-order valence-corrected chi connectivity index (χ3v) is 5.08. The van der Waals surface area contributed by atoms with Gasteiger partial charge in [-0.05, 0) is 46.2 Å². The first-order chi connectivity index (χ1) is 12.6. The summed E-state index contributed by atoms with van der Waals surface area (Å²) < 4.78 is 11.4. The number of nitrogens with zero attached hydrogens (tertiary/aromatic N) is 2. The molecule has 0 unspecified atom stereocenters. The molecule has 4 rings (SSSR count). The van der Waals surface area contributed by atoms with E-state index in [1.165, 1.54) is 5.56 Å². The van der Waals surface area contributed by atoms with Crippen molar-refractivity contribution in [1.82, 2.24) is 9.97 Å². The highest BCUT2D eigenvalue weighted by molar-refractivity contribution is 5.75. The second kappa shape index (κ2) is 5.84. The van der Waals surface area contributed by atoms with Gasteiger partial charge in [0.1, 0.15) is 11.0 Å². The first kappa shape index (κ1) is 17.6. The van der Waals surface area contributed by atoms with E-state index >= 15 is 0 Å². The molecule has 140 valence electrons. The van der Waals surface area contributed by atoms with Crippen LogP contribution in [0.25, 0.3) is 22.2 Å². The Labute approximate surface area is 158 Å². The number of nitrogens with two attached hydrogens (primary N) is 1. The van der Waals surface area contributed by atoms with E-state index in [9.17, 15) is 0 Å². The first-order valence-corrected chi connectivity index (χ1v) is 9.18. The lowest BCUT2D eigenvalue weighted by Gasteiger charge is -2.23. The summed E-state index contributed by atoms with van der Waals surface area (Å²) in [7, 11) is 0. The van der Waals surface area contributed by atoms with Gasteiger partial charge in [-0.3, -0.25) is 0 Å². The molecule has 0 spiro atoms. The van der Waals surface area contributed by atoms with Crippen molar-refractivity contribution in [3.63, 3.8) is 0 Å². The minimum Gasteiger partial charge on any atom is -0.441 e. The second-order valence-electron chi connectivity index (χ2n) is 8.84. The molecule has 0 atom stereocenters. The molecule has 0 saturated carbocycles. The van der Waals surface area contributed by atoms with E-state index in [1.54, 1.807) is 0 Å². The van der Waals surface area contributed by atoms with Crippen LogP contribution in [0.3, 0.4) is 0 Å². The summed E-state index contributed by atoms with van der Waals surface area (Å²) in [6.07, 6.45) is 0.686. The molecule has 27 heavy (non-hydrogen) atoms. The highest BCUT2D eigenvalue weighted by atomic mass is 16.4. The molecular formula is C22H25N3O2. The Balaban J connectivity index is 1.66. The van der Waals surface area contributed by atoms with E-state index in [2.05, 4.69) is 51.7 Å². The number of anilines is 1. The minimum atomic E-state index is -0.171. The van der Waals surface area contributed by atoms with Gasteiger partial charge >= 0.3 is 0 Å². The first-order valence-electron chi connectivity index (χ1n) is 9.18. The molecule has 0 aliphatic carbocycles. The zero-order valence-electron chi connectivity index (χ0n) is 16.5. The summed E-state index contributed by atoms with van der Waals surface area (Å²) in [5.74, 6) is 0.737. The van der Waals surface area contributed by atoms with Gasteiger partial charge in [-0.25, -0.2) is 4.98 Å². The van der Waals surface area contributed by atoms with E-state index in [0.29, 0.717) is 12.0 Å². The van der Waals surface area contributed by atoms with Gasteiger partial charge in [0.05, 0.1) is 0 Å². The van der Waals surface area contributed by atoms with Crippen LogP contribution < -0.4 is 5.73 Å². The van der Waals surface area contributed by atoms with Crippen LogP contribution in [0.5, 0.6) is 0 Å². The Hall–Kier alpha value is -2.82. The van der Waals surface area contributed by atoms with E-state index in [4.69, 9.17) is 19.6 Å². The maximum atomic E-state index is 6.02. The fourth-order valence-electron chi connectivity index (χ4n) is 3.36. The summed E-state index contributed by atoms with van der Waals surface area (Å²) in [5, 5.41) is 0.